The van der Waals surface area contributed by atoms with E-state index in [1.165, 1.54) is 0 Å². The van der Waals surface area contributed by atoms with E-state index in [9.17, 15) is 18.0 Å². The van der Waals surface area contributed by atoms with Crippen molar-refractivity contribution in [3.63, 3.8) is 0 Å². The quantitative estimate of drug-likeness (QED) is 0.756. The van der Waals surface area contributed by atoms with E-state index in [2.05, 4.69) is 4.90 Å². The molecule has 3 rings (SSSR count). The van der Waals surface area contributed by atoms with Gasteiger partial charge in [0.1, 0.15) is 0 Å². The molecule has 0 aromatic heterocycles. The first-order valence-electron chi connectivity index (χ1n) is 9.20. The number of carboxylic acids is 1. The molecule has 0 bridgehead atoms. The van der Waals surface area contributed by atoms with Crippen molar-refractivity contribution in [2.45, 2.75) is 38.0 Å². The standard InChI is InChI=1S/C15H26N2O3.C2HF3O2/c1-2-19-10-13-5-8-20-15(13)11-16(12-15)9-14(18)17-6-3-4-7-17;3-2(4,5)1(6)7/h13H,2-12H2,1H3;(H,6,7). The van der Waals surface area contributed by atoms with Gasteiger partial charge < -0.3 is 19.5 Å². The lowest BCUT2D eigenvalue weighted by Gasteiger charge is -2.50. The SMILES string of the molecule is CCOCC1CCOC12CN(CC(=O)N1CCCC1)C2.O=C(O)C(F)(F)F. The normalized spacial score (nSPS) is 24.4. The van der Waals surface area contributed by atoms with E-state index in [1.807, 2.05) is 11.8 Å². The maximum absolute atomic E-state index is 12.1. The molecule has 3 saturated heterocycles. The molecule has 3 aliphatic heterocycles. The summed E-state index contributed by atoms with van der Waals surface area (Å²) in [4.78, 5) is 25.2. The van der Waals surface area contributed by atoms with E-state index < -0.39 is 12.1 Å². The smallest absolute Gasteiger partial charge is 0.475 e. The van der Waals surface area contributed by atoms with Crippen molar-refractivity contribution in [2.75, 3.05) is 52.5 Å². The minimum absolute atomic E-state index is 0.0273. The van der Waals surface area contributed by atoms with E-state index in [0.717, 1.165) is 65.3 Å². The van der Waals surface area contributed by atoms with E-state index in [0.29, 0.717) is 12.5 Å². The molecule has 1 unspecified atom stereocenters. The minimum atomic E-state index is -5.08. The van der Waals surface area contributed by atoms with Crippen LogP contribution in [0.2, 0.25) is 0 Å². The van der Waals surface area contributed by atoms with Crippen molar-refractivity contribution in [2.24, 2.45) is 5.92 Å². The van der Waals surface area contributed by atoms with Crippen LogP contribution in [0.5, 0.6) is 0 Å². The van der Waals surface area contributed by atoms with Gasteiger partial charge in [-0.25, -0.2) is 4.79 Å². The number of hydrogen-bond donors (Lipinski definition) is 1. The Morgan fingerprint density at radius 1 is 1.26 bits per heavy atom. The molecule has 1 amide bonds. The fourth-order valence-electron chi connectivity index (χ4n) is 3.71. The minimum Gasteiger partial charge on any atom is -0.475 e. The van der Waals surface area contributed by atoms with Crippen LogP contribution < -0.4 is 0 Å². The summed E-state index contributed by atoms with van der Waals surface area (Å²) < 4.78 is 43.3. The third-order valence-electron chi connectivity index (χ3n) is 5.17. The first kappa shape index (κ1) is 21.9. The summed E-state index contributed by atoms with van der Waals surface area (Å²) in [5, 5.41) is 7.12. The van der Waals surface area contributed by atoms with Gasteiger partial charge >= 0.3 is 12.1 Å². The van der Waals surface area contributed by atoms with Crippen molar-refractivity contribution < 1.29 is 37.3 Å². The van der Waals surface area contributed by atoms with Crippen LogP contribution in [0.4, 0.5) is 13.2 Å². The van der Waals surface area contributed by atoms with Gasteiger partial charge in [0.25, 0.3) is 0 Å². The molecular formula is C17H27F3N2O5. The molecule has 0 aliphatic carbocycles. The van der Waals surface area contributed by atoms with Crippen LogP contribution in [0.15, 0.2) is 0 Å². The zero-order valence-electron chi connectivity index (χ0n) is 15.5. The summed E-state index contributed by atoms with van der Waals surface area (Å²) in [6.45, 7) is 8.67. The van der Waals surface area contributed by atoms with Gasteiger partial charge in [-0.1, -0.05) is 0 Å². The van der Waals surface area contributed by atoms with Crippen LogP contribution in [0, 0.1) is 5.92 Å². The Hall–Kier alpha value is -1.39. The second-order valence-electron chi connectivity index (χ2n) is 7.09. The maximum Gasteiger partial charge on any atom is 0.490 e. The predicted molar refractivity (Wildman–Crippen MR) is 89.2 cm³/mol. The maximum atomic E-state index is 12.1. The highest BCUT2D eigenvalue weighted by molar-refractivity contribution is 5.78. The Morgan fingerprint density at radius 2 is 1.85 bits per heavy atom. The summed E-state index contributed by atoms with van der Waals surface area (Å²) in [6.07, 6.45) is -1.67. The third-order valence-corrected chi connectivity index (χ3v) is 5.17. The van der Waals surface area contributed by atoms with Crippen LogP contribution >= 0.6 is 0 Å². The molecule has 1 spiro atoms. The number of nitrogens with zero attached hydrogens (tertiary/aromatic N) is 2. The highest BCUT2D eigenvalue weighted by atomic mass is 19.4. The topological polar surface area (TPSA) is 79.3 Å². The molecule has 0 radical (unpaired) electrons. The number of carbonyl (C=O) groups is 2. The molecule has 156 valence electrons. The molecule has 0 saturated carbocycles. The van der Waals surface area contributed by atoms with Crippen LogP contribution in [0.1, 0.15) is 26.2 Å². The Bertz CT molecular complexity index is 517. The van der Waals surface area contributed by atoms with Crippen molar-refractivity contribution in [3.05, 3.63) is 0 Å². The lowest BCUT2D eigenvalue weighted by atomic mass is 9.81. The number of aliphatic carboxylic acids is 1. The second kappa shape index (κ2) is 9.20. The first-order valence-corrected chi connectivity index (χ1v) is 9.20. The lowest BCUT2D eigenvalue weighted by molar-refractivity contribution is -0.192. The number of rotatable bonds is 5. The van der Waals surface area contributed by atoms with Gasteiger partial charge in [-0.05, 0) is 26.2 Å². The number of ether oxygens (including phenoxy) is 2. The fourth-order valence-corrected chi connectivity index (χ4v) is 3.71. The summed E-state index contributed by atoms with van der Waals surface area (Å²) >= 11 is 0. The average molecular weight is 396 g/mol. The highest BCUT2D eigenvalue weighted by Gasteiger charge is 2.53. The van der Waals surface area contributed by atoms with Crippen molar-refractivity contribution >= 4 is 11.9 Å². The Labute approximate surface area is 156 Å². The molecule has 7 nitrogen and oxygen atoms in total. The van der Waals surface area contributed by atoms with E-state index in [-0.39, 0.29) is 11.5 Å². The highest BCUT2D eigenvalue weighted by Crippen LogP contribution is 2.40. The van der Waals surface area contributed by atoms with Gasteiger partial charge in [0, 0.05) is 45.3 Å². The molecule has 0 aromatic carbocycles. The number of amides is 1. The van der Waals surface area contributed by atoms with Gasteiger partial charge in [-0.3, -0.25) is 9.69 Å². The molecule has 3 heterocycles. The number of likely N-dealkylation sites (tertiary alicyclic amines) is 2. The average Bonchev–Trinajstić information content (AvgIpc) is 3.22. The van der Waals surface area contributed by atoms with Gasteiger partial charge in [-0.2, -0.15) is 13.2 Å². The Morgan fingerprint density at radius 3 is 2.37 bits per heavy atom. The number of hydrogen-bond acceptors (Lipinski definition) is 5. The summed E-state index contributed by atoms with van der Waals surface area (Å²) in [5.74, 6) is -1.97. The molecular weight excluding hydrogens is 369 g/mol. The summed E-state index contributed by atoms with van der Waals surface area (Å²) in [7, 11) is 0. The molecule has 27 heavy (non-hydrogen) atoms. The number of carboxylic acid groups (broad SMARTS) is 1. The van der Waals surface area contributed by atoms with Crippen LogP contribution in [-0.2, 0) is 19.1 Å². The Balaban J connectivity index is 0.000000321. The van der Waals surface area contributed by atoms with Crippen molar-refractivity contribution in [1.29, 1.82) is 0 Å². The molecule has 3 aliphatic rings. The van der Waals surface area contributed by atoms with E-state index in [1.54, 1.807) is 0 Å². The van der Waals surface area contributed by atoms with E-state index in [4.69, 9.17) is 19.4 Å². The first-order chi connectivity index (χ1) is 12.7. The van der Waals surface area contributed by atoms with Gasteiger partial charge in [0.15, 0.2) is 0 Å². The van der Waals surface area contributed by atoms with Crippen molar-refractivity contribution in [1.82, 2.24) is 9.80 Å². The molecule has 3 fully saturated rings. The fraction of sp³-hybridized carbons (Fsp3) is 0.882. The van der Waals surface area contributed by atoms with Crippen LogP contribution in [0.25, 0.3) is 0 Å². The molecule has 1 atom stereocenters. The lowest BCUT2D eigenvalue weighted by Crippen LogP contribution is -2.66. The predicted octanol–water partition coefficient (Wildman–Crippen LogP) is 1.37. The van der Waals surface area contributed by atoms with Gasteiger partial charge in [0.2, 0.25) is 5.91 Å². The van der Waals surface area contributed by atoms with Gasteiger partial charge in [-0.15, -0.1) is 0 Å². The molecule has 0 aromatic rings. The largest absolute Gasteiger partial charge is 0.490 e. The number of halogens is 3. The van der Waals surface area contributed by atoms with Crippen LogP contribution in [0.3, 0.4) is 0 Å². The van der Waals surface area contributed by atoms with Crippen LogP contribution in [-0.4, -0.2) is 91.1 Å². The third kappa shape index (κ3) is 5.79. The Kier molecular flexibility index (Phi) is 7.47. The molecule has 1 N–H and O–H groups in total. The zero-order valence-corrected chi connectivity index (χ0v) is 15.5. The van der Waals surface area contributed by atoms with Crippen molar-refractivity contribution in [3.8, 4) is 0 Å². The number of alkyl halides is 3. The zero-order chi connectivity index (χ0) is 20.1. The van der Waals surface area contributed by atoms with E-state index >= 15 is 0 Å². The van der Waals surface area contributed by atoms with Gasteiger partial charge in [0.05, 0.1) is 18.8 Å². The summed E-state index contributed by atoms with van der Waals surface area (Å²) in [6, 6.07) is 0. The summed E-state index contributed by atoms with van der Waals surface area (Å²) in [5.41, 5.74) is -0.0273. The monoisotopic (exact) mass is 396 g/mol. The second-order valence-corrected chi connectivity index (χ2v) is 7.09. The number of carbonyl (C=O) groups excluding carboxylic acids is 1. The molecule has 10 heteroatoms.